The molecule has 0 saturated carbocycles. The molecule has 1 aliphatic carbocycles. The Morgan fingerprint density at radius 2 is 2.00 bits per heavy atom. The van der Waals surface area contributed by atoms with Crippen molar-refractivity contribution in [2.45, 2.75) is 6.42 Å². The number of aromatic nitrogens is 1. The minimum Gasteiger partial charge on any atom is -0.399 e. The van der Waals surface area contributed by atoms with Crippen molar-refractivity contribution in [3.05, 3.63) is 71.7 Å². The van der Waals surface area contributed by atoms with E-state index < -0.39 is 0 Å². The van der Waals surface area contributed by atoms with Gasteiger partial charge in [-0.1, -0.05) is 30.4 Å². The molecule has 16 heavy (non-hydrogen) atoms. The third-order valence-electron chi connectivity index (χ3n) is 2.37. The van der Waals surface area contributed by atoms with Gasteiger partial charge in [-0.2, -0.15) is 0 Å². The number of hydrogen-bond donors (Lipinski definition) is 1. The summed E-state index contributed by atoms with van der Waals surface area (Å²) < 4.78 is 0. The fraction of sp³-hybridized carbons (Fsp3) is 0.0714. The predicted octanol–water partition coefficient (Wildman–Crippen LogP) is 2.82. The Morgan fingerprint density at radius 3 is 2.81 bits per heavy atom. The molecule has 1 aromatic heterocycles. The molecule has 0 aliphatic heterocycles. The van der Waals surface area contributed by atoms with Crippen molar-refractivity contribution in [1.29, 1.82) is 0 Å². The lowest BCUT2D eigenvalue weighted by Gasteiger charge is -1.95. The summed E-state index contributed by atoms with van der Waals surface area (Å²) in [4.78, 5) is 3.98. The lowest BCUT2D eigenvalue weighted by molar-refractivity contribution is 1.25. The maximum atomic E-state index is 5.71. The SMILES string of the molecule is NC1=CCC(/C=C/c2ccncc2)=CC=C1. The highest BCUT2D eigenvalue weighted by Crippen LogP contribution is 2.12. The summed E-state index contributed by atoms with van der Waals surface area (Å²) in [7, 11) is 0. The van der Waals surface area contributed by atoms with Gasteiger partial charge in [0.25, 0.3) is 0 Å². The van der Waals surface area contributed by atoms with Crippen molar-refractivity contribution in [2.24, 2.45) is 5.73 Å². The smallest absolute Gasteiger partial charge is 0.0276 e. The molecule has 0 unspecified atom stereocenters. The van der Waals surface area contributed by atoms with Gasteiger partial charge in [-0.25, -0.2) is 0 Å². The van der Waals surface area contributed by atoms with Crippen LogP contribution in [0.3, 0.4) is 0 Å². The molecule has 0 amide bonds. The van der Waals surface area contributed by atoms with Gasteiger partial charge in [0.15, 0.2) is 0 Å². The Morgan fingerprint density at radius 1 is 1.19 bits per heavy atom. The average Bonchev–Trinajstić information content (AvgIpc) is 2.53. The number of nitrogens with two attached hydrogens (primary N) is 1. The van der Waals surface area contributed by atoms with Gasteiger partial charge < -0.3 is 5.73 Å². The Bertz CT molecular complexity index is 462. The van der Waals surface area contributed by atoms with Gasteiger partial charge in [0.2, 0.25) is 0 Å². The lowest BCUT2D eigenvalue weighted by Crippen LogP contribution is -1.90. The van der Waals surface area contributed by atoms with Crippen molar-refractivity contribution >= 4 is 6.08 Å². The second kappa shape index (κ2) is 5.12. The molecule has 2 heteroatoms. The van der Waals surface area contributed by atoms with Gasteiger partial charge in [-0.15, -0.1) is 0 Å². The maximum absolute atomic E-state index is 5.71. The normalized spacial score (nSPS) is 15.8. The van der Waals surface area contributed by atoms with E-state index in [2.05, 4.69) is 23.2 Å². The molecule has 0 saturated heterocycles. The highest BCUT2D eigenvalue weighted by atomic mass is 14.6. The zero-order valence-electron chi connectivity index (χ0n) is 9.01. The second-order valence-electron chi connectivity index (χ2n) is 3.62. The standard InChI is InChI=1S/C14H14N2/c15-14-3-1-2-12(6-7-14)4-5-13-8-10-16-11-9-13/h1-5,7-11H,6,15H2/b5-4+. The first kappa shape index (κ1) is 10.4. The topological polar surface area (TPSA) is 38.9 Å². The van der Waals surface area contributed by atoms with Crippen LogP contribution in [0.5, 0.6) is 0 Å². The van der Waals surface area contributed by atoms with E-state index in [0.29, 0.717) is 0 Å². The number of hydrogen-bond acceptors (Lipinski definition) is 2. The molecule has 2 nitrogen and oxygen atoms in total. The highest BCUT2D eigenvalue weighted by Gasteiger charge is 1.94. The summed E-state index contributed by atoms with van der Waals surface area (Å²) in [5.41, 5.74) is 8.93. The zero-order valence-corrected chi connectivity index (χ0v) is 9.01. The molecule has 1 aromatic rings. The summed E-state index contributed by atoms with van der Waals surface area (Å²) in [6.07, 6.45) is 16.6. The van der Waals surface area contributed by atoms with Gasteiger partial charge >= 0.3 is 0 Å². The molecular formula is C14H14N2. The third-order valence-corrected chi connectivity index (χ3v) is 2.37. The lowest BCUT2D eigenvalue weighted by atomic mass is 10.1. The minimum atomic E-state index is 0.823. The molecule has 2 N–H and O–H groups in total. The Kier molecular flexibility index (Phi) is 3.34. The molecule has 80 valence electrons. The van der Waals surface area contributed by atoms with Crippen molar-refractivity contribution in [2.75, 3.05) is 0 Å². The monoisotopic (exact) mass is 210 g/mol. The molecule has 0 fully saturated rings. The zero-order chi connectivity index (χ0) is 11.2. The molecule has 1 heterocycles. The molecular weight excluding hydrogens is 196 g/mol. The van der Waals surface area contributed by atoms with Crippen LogP contribution in [0.15, 0.2) is 66.2 Å². The summed E-state index contributed by atoms with van der Waals surface area (Å²) >= 11 is 0. The van der Waals surface area contributed by atoms with Crippen LogP contribution in [0.1, 0.15) is 12.0 Å². The average molecular weight is 210 g/mol. The van der Waals surface area contributed by atoms with Crippen molar-refractivity contribution in [3.8, 4) is 0 Å². The fourth-order valence-corrected chi connectivity index (χ4v) is 1.46. The number of allylic oxidation sites excluding steroid dienone is 6. The largest absolute Gasteiger partial charge is 0.399 e. The summed E-state index contributed by atoms with van der Waals surface area (Å²) in [5, 5.41) is 0. The quantitative estimate of drug-likeness (QED) is 0.815. The van der Waals surface area contributed by atoms with E-state index in [9.17, 15) is 0 Å². The molecule has 0 spiro atoms. The van der Waals surface area contributed by atoms with Crippen molar-refractivity contribution in [1.82, 2.24) is 4.98 Å². The van der Waals surface area contributed by atoms with E-state index in [1.165, 1.54) is 5.57 Å². The van der Waals surface area contributed by atoms with Gasteiger partial charge in [-0.05, 0) is 35.8 Å². The van der Waals surface area contributed by atoms with E-state index >= 15 is 0 Å². The second-order valence-corrected chi connectivity index (χ2v) is 3.62. The predicted molar refractivity (Wildman–Crippen MR) is 67.4 cm³/mol. The van der Waals surface area contributed by atoms with Crippen LogP contribution in [-0.4, -0.2) is 4.98 Å². The first-order valence-corrected chi connectivity index (χ1v) is 5.25. The van der Waals surface area contributed by atoms with E-state index in [1.807, 2.05) is 30.4 Å². The molecule has 2 rings (SSSR count). The maximum Gasteiger partial charge on any atom is 0.0276 e. The van der Waals surface area contributed by atoms with E-state index in [-0.39, 0.29) is 0 Å². The Balaban J connectivity index is 2.09. The van der Waals surface area contributed by atoms with E-state index in [1.54, 1.807) is 12.4 Å². The molecule has 0 bridgehead atoms. The minimum absolute atomic E-state index is 0.823. The first-order chi connectivity index (χ1) is 7.84. The summed E-state index contributed by atoms with van der Waals surface area (Å²) in [6, 6.07) is 3.96. The van der Waals surface area contributed by atoms with Crippen molar-refractivity contribution < 1.29 is 0 Å². The summed E-state index contributed by atoms with van der Waals surface area (Å²) in [5.74, 6) is 0. The van der Waals surface area contributed by atoms with E-state index in [0.717, 1.165) is 17.7 Å². The van der Waals surface area contributed by atoms with Crippen LogP contribution in [0.25, 0.3) is 6.08 Å². The Hall–Kier alpha value is -2.09. The van der Waals surface area contributed by atoms with Crippen molar-refractivity contribution in [3.63, 3.8) is 0 Å². The Labute approximate surface area is 95.5 Å². The van der Waals surface area contributed by atoms with E-state index in [4.69, 9.17) is 5.73 Å². The van der Waals surface area contributed by atoms with Gasteiger partial charge in [0.05, 0.1) is 0 Å². The third kappa shape index (κ3) is 2.95. The van der Waals surface area contributed by atoms with Gasteiger partial charge in [-0.3, -0.25) is 4.98 Å². The van der Waals surface area contributed by atoms with Crippen LogP contribution >= 0.6 is 0 Å². The van der Waals surface area contributed by atoms with Crippen LogP contribution in [0.2, 0.25) is 0 Å². The summed E-state index contributed by atoms with van der Waals surface area (Å²) in [6.45, 7) is 0. The fourth-order valence-electron chi connectivity index (χ4n) is 1.46. The first-order valence-electron chi connectivity index (χ1n) is 5.25. The molecule has 0 atom stereocenters. The van der Waals surface area contributed by atoms with Gasteiger partial charge in [0.1, 0.15) is 0 Å². The number of nitrogens with zero attached hydrogens (tertiary/aromatic N) is 1. The molecule has 0 aromatic carbocycles. The molecule has 0 radical (unpaired) electrons. The van der Waals surface area contributed by atoms with Crippen LogP contribution in [0.4, 0.5) is 0 Å². The van der Waals surface area contributed by atoms with Crippen LogP contribution < -0.4 is 5.73 Å². The molecule has 1 aliphatic rings. The number of rotatable bonds is 2. The highest BCUT2D eigenvalue weighted by molar-refractivity contribution is 5.53. The van der Waals surface area contributed by atoms with Crippen LogP contribution in [-0.2, 0) is 0 Å². The van der Waals surface area contributed by atoms with Crippen LogP contribution in [0, 0.1) is 0 Å². The number of pyridine rings is 1. The van der Waals surface area contributed by atoms with Gasteiger partial charge in [0, 0.05) is 18.1 Å².